The molecule has 3 rings (SSSR count). The third-order valence-electron chi connectivity index (χ3n) is 4.69. The number of aryl methyl sites for hydroxylation is 2. The van der Waals surface area contributed by atoms with E-state index < -0.39 is 0 Å². The van der Waals surface area contributed by atoms with Gasteiger partial charge in [0, 0.05) is 11.4 Å². The van der Waals surface area contributed by atoms with Gasteiger partial charge in [-0.3, -0.25) is 9.36 Å². The van der Waals surface area contributed by atoms with Gasteiger partial charge in [-0.1, -0.05) is 33.1 Å². The number of hydrogen-bond donors (Lipinski definition) is 0. The van der Waals surface area contributed by atoms with Gasteiger partial charge >= 0.3 is 0 Å². The second kappa shape index (κ2) is 6.30. The molecule has 2 aromatic heterocycles. The SMILES string of the molecule is CCCCC(CC)Cn1cnc2sc3c(c2c1=O)CCC3. The number of rotatable bonds is 6. The van der Waals surface area contributed by atoms with E-state index in [1.807, 2.05) is 4.57 Å². The molecule has 4 heteroatoms. The molecule has 1 unspecified atom stereocenters. The highest BCUT2D eigenvalue weighted by Crippen LogP contribution is 2.34. The first-order valence-corrected chi connectivity index (χ1v) is 9.05. The largest absolute Gasteiger partial charge is 0.298 e. The summed E-state index contributed by atoms with van der Waals surface area (Å²) in [5, 5.41) is 0.917. The maximum atomic E-state index is 12.8. The lowest BCUT2D eigenvalue weighted by Gasteiger charge is -2.15. The normalized spacial score (nSPS) is 15.5. The van der Waals surface area contributed by atoms with E-state index in [1.54, 1.807) is 17.7 Å². The molecule has 0 spiro atoms. The summed E-state index contributed by atoms with van der Waals surface area (Å²) in [6.45, 7) is 5.27. The molecule has 0 saturated carbocycles. The smallest absolute Gasteiger partial charge is 0.262 e. The van der Waals surface area contributed by atoms with E-state index in [2.05, 4.69) is 18.8 Å². The minimum absolute atomic E-state index is 0.189. The summed E-state index contributed by atoms with van der Waals surface area (Å²) >= 11 is 1.72. The zero-order valence-electron chi connectivity index (χ0n) is 13.0. The van der Waals surface area contributed by atoms with Gasteiger partial charge in [0.15, 0.2) is 0 Å². The van der Waals surface area contributed by atoms with Crippen LogP contribution in [0.15, 0.2) is 11.1 Å². The molecule has 0 N–H and O–H groups in total. The van der Waals surface area contributed by atoms with Gasteiger partial charge in [-0.05, 0) is 37.2 Å². The summed E-state index contributed by atoms with van der Waals surface area (Å²) in [4.78, 5) is 19.7. The van der Waals surface area contributed by atoms with Gasteiger partial charge in [-0.25, -0.2) is 4.98 Å². The van der Waals surface area contributed by atoms with Crippen LogP contribution in [0.1, 0.15) is 56.4 Å². The summed E-state index contributed by atoms with van der Waals surface area (Å²) in [7, 11) is 0. The predicted molar refractivity (Wildman–Crippen MR) is 89.2 cm³/mol. The van der Waals surface area contributed by atoms with Crippen LogP contribution in [0, 0.1) is 5.92 Å². The predicted octanol–water partition coefficient (Wildman–Crippen LogP) is 4.16. The topological polar surface area (TPSA) is 34.9 Å². The van der Waals surface area contributed by atoms with Crippen LogP contribution in [0.5, 0.6) is 0 Å². The average Bonchev–Trinajstić information content (AvgIpc) is 3.06. The maximum Gasteiger partial charge on any atom is 0.262 e. The lowest BCUT2D eigenvalue weighted by Crippen LogP contribution is -2.24. The third-order valence-corrected chi connectivity index (χ3v) is 5.89. The Morgan fingerprint density at radius 3 is 3.00 bits per heavy atom. The minimum atomic E-state index is 0.189. The lowest BCUT2D eigenvalue weighted by molar-refractivity contribution is 0.384. The van der Waals surface area contributed by atoms with E-state index in [9.17, 15) is 4.79 Å². The van der Waals surface area contributed by atoms with Crippen molar-refractivity contribution in [3.63, 3.8) is 0 Å². The quantitative estimate of drug-likeness (QED) is 0.803. The highest BCUT2D eigenvalue weighted by Gasteiger charge is 2.21. The Labute approximate surface area is 130 Å². The van der Waals surface area contributed by atoms with Crippen molar-refractivity contribution >= 4 is 21.6 Å². The first-order chi connectivity index (χ1) is 10.2. The summed E-state index contributed by atoms with van der Waals surface area (Å²) < 4.78 is 1.86. The Morgan fingerprint density at radius 2 is 2.24 bits per heavy atom. The molecule has 0 fully saturated rings. The van der Waals surface area contributed by atoms with Crippen molar-refractivity contribution in [3.05, 3.63) is 27.1 Å². The molecule has 1 aliphatic rings. The van der Waals surface area contributed by atoms with Gasteiger partial charge < -0.3 is 0 Å². The molecule has 114 valence electrons. The summed E-state index contributed by atoms with van der Waals surface area (Å²) in [5.41, 5.74) is 1.48. The number of nitrogens with zero attached hydrogens (tertiary/aromatic N) is 2. The van der Waals surface area contributed by atoms with Crippen molar-refractivity contribution < 1.29 is 0 Å². The fraction of sp³-hybridized carbons (Fsp3) is 0.647. The third kappa shape index (κ3) is 2.78. The summed E-state index contributed by atoms with van der Waals surface area (Å²) in [5.74, 6) is 0.591. The minimum Gasteiger partial charge on any atom is -0.298 e. The Bertz CT molecular complexity index is 686. The molecule has 0 amide bonds. The molecule has 1 aliphatic carbocycles. The molecule has 0 radical (unpaired) electrons. The molecule has 0 bridgehead atoms. The molecule has 0 aromatic carbocycles. The second-order valence-corrected chi connectivity index (χ2v) is 7.24. The van der Waals surface area contributed by atoms with Crippen LogP contribution >= 0.6 is 11.3 Å². The van der Waals surface area contributed by atoms with E-state index in [0.29, 0.717) is 5.92 Å². The average molecular weight is 304 g/mol. The van der Waals surface area contributed by atoms with E-state index in [4.69, 9.17) is 0 Å². The summed E-state index contributed by atoms with van der Waals surface area (Å²) in [6.07, 6.45) is 9.96. The van der Waals surface area contributed by atoms with Crippen LogP contribution in [0.2, 0.25) is 0 Å². The molecule has 21 heavy (non-hydrogen) atoms. The van der Waals surface area contributed by atoms with Crippen molar-refractivity contribution in [2.45, 2.75) is 65.3 Å². The fourth-order valence-corrected chi connectivity index (χ4v) is 4.56. The second-order valence-electron chi connectivity index (χ2n) is 6.16. The van der Waals surface area contributed by atoms with Crippen molar-refractivity contribution in [2.75, 3.05) is 0 Å². The van der Waals surface area contributed by atoms with Gasteiger partial charge in [-0.2, -0.15) is 0 Å². The number of fused-ring (bicyclic) bond motifs is 3. The van der Waals surface area contributed by atoms with Gasteiger partial charge in [-0.15, -0.1) is 11.3 Å². The Kier molecular flexibility index (Phi) is 4.43. The Hall–Kier alpha value is -1.16. The Balaban J connectivity index is 1.92. The molecule has 2 heterocycles. The van der Waals surface area contributed by atoms with Crippen LogP contribution in [-0.4, -0.2) is 9.55 Å². The highest BCUT2D eigenvalue weighted by molar-refractivity contribution is 7.18. The van der Waals surface area contributed by atoms with Crippen molar-refractivity contribution in [2.24, 2.45) is 5.92 Å². The molecule has 2 aromatic rings. The first kappa shape index (κ1) is 14.8. The van der Waals surface area contributed by atoms with Crippen molar-refractivity contribution in [1.29, 1.82) is 0 Å². The van der Waals surface area contributed by atoms with Crippen LogP contribution in [-0.2, 0) is 19.4 Å². The molecule has 0 saturated heterocycles. The van der Waals surface area contributed by atoms with Crippen molar-refractivity contribution in [1.82, 2.24) is 9.55 Å². The van der Waals surface area contributed by atoms with Crippen LogP contribution in [0.3, 0.4) is 0 Å². The monoisotopic (exact) mass is 304 g/mol. The van der Waals surface area contributed by atoms with Crippen LogP contribution in [0.25, 0.3) is 10.2 Å². The molecular formula is C17H24N2OS. The molecular weight excluding hydrogens is 280 g/mol. The van der Waals surface area contributed by atoms with E-state index in [1.165, 1.54) is 36.1 Å². The van der Waals surface area contributed by atoms with E-state index >= 15 is 0 Å². The number of unbranched alkanes of at least 4 members (excludes halogenated alkanes) is 1. The number of hydrogen-bond acceptors (Lipinski definition) is 3. The van der Waals surface area contributed by atoms with Gasteiger partial charge in [0.2, 0.25) is 0 Å². The van der Waals surface area contributed by atoms with Crippen molar-refractivity contribution in [3.8, 4) is 0 Å². The first-order valence-electron chi connectivity index (χ1n) is 8.24. The zero-order valence-corrected chi connectivity index (χ0v) is 13.8. The molecule has 0 aliphatic heterocycles. The molecule has 3 nitrogen and oxygen atoms in total. The summed E-state index contributed by atoms with van der Waals surface area (Å²) in [6, 6.07) is 0. The van der Waals surface area contributed by atoms with Gasteiger partial charge in [0.1, 0.15) is 4.83 Å². The van der Waals surface area contributed by atoms with Crippen LogP contribution in [0.4, 0.5) is 0 Å². The molecule has 1 atom stereocenters. The van der Waals surface area contributed by atoms with E-state index in [-0.39, 0.29) is 5.56 Å². The van der Waals surface area contributed by atoms with Crippen LogP contribution < -0.4 is 5.56 Å². The number of aromatic nitrogens is 2. The van der Waals surface area contributed by atoms with Gasteiger partial charge in [0.25, 0.3) is 5.56 Å². The highest BCUT2D eigenvalue weighted by atomic mass is 32.1. The standard InChI is InChI=1S/C17H24N2OS/c1-3-5-7-12(4-2)10-19-11-18-16-15(17(19)20)13-8-6-9-14(13)21-16/h11-12H,3-10H2,1-2H3. The Morgan fingerprint density at radius 1 is 1.38 bits per heavy atom. The van der Waals surface area contributed by atoms with Gasteiger partial charge in [0.05, 0.1) is 11.7 Å². The number of thiophene rings is 1. The van der Waals surface area contributed by atoms with E-state index in [0.717, 1.165) is 36.0 Å². The zero-order chi connectivity index (χ0) is 14.8. The maximum absolute atomic E-state index is 12.8. The fourth-order valence-electron chi connectivity index (χ4n) is 3.35. The lowest BCUT2D eigenvalue weighted by atomic mass is 9.99.